The third-order valence-electron chi connectivity index (χ3n) is 2.59. The molecular weight excluding hydrogens is 293 g/mol. The molecule has 0 radical (unpaired) electrons. The van der Waals surface area contributed by atoms with Crippen molar-refractivity contribution in [2.75, 3.05) is 12.4 Å². The van der Waals surface area contributed by atoms with Crippen LogP contribution < -0.4 is 10.1 Å². The minimum atomic E-state index is -0.326. The smallest absolute Gasteiger partial charge is 0.291 e. The molecule has 0 aliphatic carbocycles. The molecule has 0 fully saturated rings. The van der Waals surface area contributed by atoms with Crippen LogP contribution in [0.1, 0.15) is 16.7 Å². The molecule has 0 heterocycles. The number of anilines is 1. The summed E-state index contributed by atoms with van der Waals surface area (Å²) in [4.78, 5) is 10.7. The quantitative estimate of drug-likeness (QED) is 0.657. The summed E-state index contributed by atoms with van der Waals surface area (Å²) in [6, 6.07) is 0. The lowest BCUT2D eigenvalue weighted by molar-refractivity contribution is 0.270. The van der Waals surface area contributed by atoms with E-state index in [-0.39, 0.29) is 4.82 Å². The molecule has 0 aliphatic rings. The molecule has 0 unspecified atom stereocenters. The Labute approximate surface area is 108 Å². The van der Waals surface area contributed by atoms with Crippen LogP contribution in [0.5, 0.6) is 5.75 Å². The van der Waals surface area contributed by atoms with Crippen LogP contribution in [-0.4, -0.2) is 11.9 Å². The minimum absolute atomic E-state index is 0.326. The van der Waals surface area contributed by atoms with Crippen molar-refractivity contribution in [3.05, 3.63) is 21.7 Å². The first-order valence-corrected chi connectivity index (χ1v) is 5.87. The van der Waals surface area contributed by atoms with Gasteiger partial charge in [-0.1, -0.05) is 11.6 Å². The maximum atomic E-state index is 11.0. The van der Waals surface area contributed by atoms with E-state index >= 15 is 0 Å². The van der Waals surface area contributed by atoms with Gasteiger partial charge in [0.2, 0.25) is 0 Å². The fourth-order valence-electron chi connectivity index (χ4n) is 1.59. The molecule has 0 aromatic heterocycles. The van der Waals surface area contributed by atoms with Gasteiger partial charge in [0.05, 0.1) is 12.8 Å². The fourth-order valence-corrected chi connectivity index (χ4v) is 2.02. The zero-order valence-electron chi connectivity index (χ0n) is 9.57. The Hall–Kier alpha value is -0.740. The summed E-state index contributed by atoms with van der Waals surface area (Å²) in [5, 5.41) is 3.32. The van der Waals surface area contributed by atoms with Crippen molar-refractivity contribution in [3.8, 4) is 5.75 Å². The Morgan fingerprint density at radius 1 is 1.25 bits per heavy atom. The summed E-state index contributed by atoms with van der Waals surface area (Å²) in [7, 11) is 1.57. The molecule has 0 saturated heterocycles. The van der Waals surface area contributed by atoms with Crippen molar-refractivity contribution >= 4 is 38.0 Å². The number of carbonyl (C=O) groups is 1. The Bertz CT molecular complexity index is 446. The Kier molecular flexibility index (Phi) is 4.21. The van der Waals surface area contributed by atoms with Crippen molar-refractivity contribution in [2.45, 2.75) is 20.8 Å². The molecule has 1 aromatic carbocycles. The van der Waals surface area contributed by atoms with E-state index in [1.807, 2.05) is 20.8 Å². The summed E-state index contributed by atoms with van der Waals surface area (Å²) in [5.41, 5.74) is 3.30. The van der Waals surface area contributed by atoms with E-state index in [4.69, 9.17) is 16.3 Å². The molecule has 1 amide bonds. The molecule has 0 aliphatic heterocycles. The first kappa shape index (κ1) is 13.3. The van der Waals surface area contributed by atoms with E-state index in [0.29, 0.717) is 16.5 Å². The number of amides is 1. The standard InChI is InChI=1S/C11H13BrClNO2/c1-5-6(2)10(16-4)9(14-11(12)15)7(3)8(5)13/h1-4H3,(H,14,15). The highest BCUT2D eigenvalue weighted by atomic mass is 79.9. The highest BCUT2D eigenvalue weighted by molar-refractivity contribution is 9.18. The van der Waals surface area contributed by atoms with E-state index in [1.54, 1.807) is 7.11 Å². The van der Waals surface area contributed by atoms with E-state index in [0.717, 1.165) is 16.7 Å². The maximum absolute atomic E-state index is 11.0. The number of hydrogen-bond acceptors (Lipinski definition) is 2. The average Bonchev–Trinajstić information content (AvgIpc) is 2.23. The zero-order chi connectivity index (χ0) is 12.5. The molecule has 5 heteroatoms. The molecule has 1 aromatic rings. The van der Waals surface area contributed by atoms with Gasteiger partial charge in [-0.3, -0.25) is 4.79 Å². The molecule has 1 N–H and O–H groups in total. The first-order chi connectivity index (χ1) is 7.40. The lowest BCUT2D eigenvalue weighted by atomic mass is 10.0. The topological polar surface area (TPSA) is 38.3 Å². The summed E-state index contributed by atoms with van der Waals surface area (Å²) in [5.74, 6) is 0.646. The summed E-state index contributed by atoms with van der Waals surface area (Å²) in [6.07, 6.45) is 0. The lowest BCUT2D eigenvalue weighted by Crippen LogP contribution is -2.07. The number of nitrogens with one attached hydrogen (secondary N) is 1. The average molecular weight is 307 g/mol. The molecule has 0 bridgehead atoms. The van der Waals surface area contributed by atoms with Crippen molar-refractivity contribution in [1.82, 2.24) is 0 Å². The highest BCUT2D eigenvalue weighted by Crippen LogP contribution is 2.39. The van der Waals surface area contributed by atoms with Crippen LogP contribution in [0.15, 0.2) is 0 Å². The number of hydrogen-bond donors (Lipinski definition) is 1. The molecule has 0 atom stereocenters. The van der Waals surface area contributed by atoms with Crippen molar-refractivity contribution in [2.24, 2.45) is 0 Å². The van der Waals surface area contributed by atoms with Gasteiger partial charge in [-0.15, -0.1) is 0 Å². The predicted molar refractivity (Wildman–Crippen MR) is 70.2 cm³/mol. The highest BCUT2D eigenvalue weighted by Gasteiger charge is 2.17. The van der Waals surface area contributed by atoms with Gasteiger partial charge in [0.15, 0.2) is 0 Å². The number of halogens is 2. The van der Waals surface area contributed by atoms with Crippen LogP contribution in [-0.2, 0) is 0 Å². The maximum Gasteiger partial charge on any atom is 0.291 e. The van der Waals surface area contributed by atoms with Crippen LogP contribution in [0, 0.1) is 20.8 Å². The third kappa shape index (κ3) is 2.33. The largest absolute Gasteiger partial charge is 0.494 e. The second kappa shape index (κ2) is 5.06. The summed E-state index contributed by atoms with van der Waals surface area (Å²) in [6.45, 7) is 5.67. The van der Waals surface area contributed by atoms with Crippen molar-refractivity contribution < 1.29 is 9.53 Å². The lowest BCUT2D eigenvalue weighted by Gasteiger charge is -2.18. The van der Waals surface area contributed by atoms with Crippen molar-refractivity contribution in [1.29, 1.82) is 0 Å². The van der Waals surface area contributed by atoms with Gasteiger partial charge in [0, 0.05) is 21.0 Å². The van der Waals surface area contributed by atoms with Crippen molar-refractivity contribution in [3.63, 3.8) is 0 Å². The Balaban J connectivity index is 3.50. The van der Waals surface area contributed by atoms with Crippen LogP contribution in [0.4, 0.5) is 10.5 Å². The Morgan fingerprint density at radius 2 is 1.81 bits per heavy atom. The first-order valence-electron chi connectivity index (χ1n) is 4.69. The Morgan fingerprint density at radius 3 is 2.25 bits per heavy atom. The van der Waals surface area contributed by atoms with Crippen LogP contribution >= 0.6 is 27.5 Å². The van der Waals surface area contributed by atoms with Gasteiger partial charge in [-0.05, 0) is 37.5 Å². The van der Waals surface area contributed by atoms with Gasteiger partial charge in [-0.2, -0.15) is 0 Å². The second-order valence-corrected chi connectivity index (χ2v) is 4.59. The number of methoxy groups -OCH3 is 1. The molecule has 16 heavy (non-hydrogen) atoms. The van der Waals surface area contributed by atoms with Gasteiger partial charge < -0.3 is 10.1 Å². The number of rotatable bonds is 2. The number of benzene rings is 1. The van der Waals surface area contributed by atoms with E-state index in [9.17, 15) is 4.79 Å². The molecule has 1 rings (SSSR count). The van der Waals surface area contributed by atoms with E-state index in [2.05, 4.69) is 21.2 Å². The summed E-state index contributed by atoms with van der Waals surface area (Å²) >= 11 is 9.01. The zero-order valence-corrected chi connectivity index (χ0v) is 11.9. The molecule has 88 valence electrons. The second-order valence-electron chi connectivity index (χ2n) is 3.50. The number of ether oxygens (including phenoxy) is 1. The fraction of sp³-hybridized carbons (Fsp3) is 0.364. The molecule has 0 spiro atoms. The van der Waals surface area contributed by atoms with Gasteiger partial charge in [0.1, 0.15) is 5.75 Å². The van der Waals surface area contributed by atoms with E-state index < -0.39 is 0 Å². The van der Waals surface area contributed by atoms with Crippen LogP contribution in [0.2, 0.25) is 5.02 Å². The van der Waals surface area contributed by atoms with Crippen LogP contribution in [0.25, 0.3) is 0 Å². The van der Waals surface area contributed by atoms with Gasteiger partial charge in [-0.25, -0.2) is 0 Å². The normalized spacial score (nSPS) is 10.1. The van der Waals surface area contributed by atoms with Crippen LogP contribution in [0.3, 0.4) is 0 Å². The molecule has 3 nitrogen and oxygen atoms in total. The van der Waals surface area contributed by atoms with Gasteiger partial charge in [0.25, 0.3) is 4.82 Å². The van der Waals surface area contributed by atoms with Gasteiger partial charge >= 0.3 is 0 Å². The van der Waals surface area contributed by atoms with E-state index in [1.165, 1.54) is 0 Å². The molecule has 0 saturated carbocycles. The SMILES string of the molecule is COc1c(C)c(C)c(Cl)c(C)c1NC(=O)Br. The predicted octanol–water partition coefficient (Wildman–Crippen LogP) is 4.20. The third-order valence-corrected chi connectivity index (χ3v) is 3.36. The minimum Gasteiger partial charge on any atom is -0.494 e. The summed E-state index contributed by atoms with van der Waals surface area (Å²) < 4.78 is 5.30. The monoisotopic (exact) mass is 305 g/mol. The number of carbonyl (C=O) groups excluding carboxylic acids is 1. The molecular formula is C11H13BrClNO2.